The van der Waals surface area contributed by atoms with Crippen molar-refractivity contribution in [2.24, 2.45) is 0 Å². The average molecular weight is 401 g/mol. The molecule has 9 nitrogen and oxygen atoms in total. The van der Waals surface area contributed by atoms with Crippen LogP contribution >= 0.6 is 0 Å². The van der Waals surface area contributed by atoms with Crippen molar-refractivity contribution in [2.75, 3.05) is 0 Å². The number of H-pyrrole nitrogens is 1. The highest BCUT2D eigenvalue weighted by Gasteiger charge is 2.18. The van der Waals surface area contributed by atoms with Crippen molar-refractivity contribution in [1.82, 2.24) is 35.0 Å². The molecule has 0 aliphatic carbocycles. The zero-order valence-corrected chi connectivity index (χ0v) is 16.5. The molecule has 0 unspecified atom stereocenters. The third-order valence-corrected chi connectivity index (χ3v) is 4.94. The largest absolute Gasteiger partial charge is 0.361 e. The molecule has 0 atom stereocenters. The van der Waals surface area contributed by atoms with Crippen LogP contribution in [0.15, 0.2) is 53.3 Å². The highest BCUT2D eigenvalue weighted by molar-refractivity contribution is 6.06. The molecule has 0 saturated carbocycles. The van der Waals surface area contributed by atoms with Gasteiger partial charge in [0, 0.05) is 34.8 Å². The number of benzene rings is 1. The van der Waals surface area contributed by atoms with Crippen LogP contribution in [-0.4, -0.2) is 35.6 Å². The molecule has 150 valence electrons. The van der Waals surface area contributed by atoms with Gasteiger partial charge in [-0.05, 0) is 30.3 Å². The Morgan fingerprint density at radius 1 is 1.20 bits per heavy atom. The van der Waals surface area contributed by atoms with Gasteiger partial charge in [-0.3, -0.25) is 9.20 Å². The summed E-state index contributed by atoms with van der Waals surface area (Å²) < 4.78 is 7.21. The Morgan fingerprint density at radius 2 is 2.10 bits per heavy atom. The fourth-order valence-electron chi connectivity index (χ4n) is 3.37. The van der Waals surface area contributed by atoms with Gasteiger partial charge in [-0.25, -0.2) is 0 Å². The van der Waals surface area contributed by atoms with Crippen molar-refractivity contribution in [1.29, 1.82) is 0 Å². The van der Waals surface area contributed by atoms with Crippen LogP contribution in [0.5, 0.6) is 0 Å². The van der Waals surface area contributed by atoms with E-state index in [4.69, 9.17) is 4.52 Å². The number of carbonyl (C=O) groups excluding carboxylic acids is 1. The maximum Gasteiger partial charge on any atom is 0.261 e. The highest BCUT2D eigenvalue weighted by atomic mass is 16.5. The van der Waals surface area contributed by atoms with E-state index in [0.717, 1.165) is 10.9 Å². The average Bonchev–Trinajstić information content (AvgIpc) is 3.50. The molecular formula is C21H19N7O2. The lowest BCUT2D eigenvalue weighted by Gasteiger charge is -2.06. The first-order chi connectivity index (χ1) is 14.6. The predicted molar refractivity (Wildman–Crippen MR) is 110 cm³/mol. The number of hydrogen-bond acceptors (Lipinski definition) is 6. The van der Waals surface area contributed by atoms with E-state index in [9.17, 15) is 4.79 Å². The van der Waals surface area contributed by atoms with E-state index in [0.29, 0.717) is 34.3 Å². The van der Waals surface area contributed by atoms with Crippen molar-refractivity contribution in [2.45, 2.75) is 26.3 Å². The minimum absolute atomic E-state index is 0.162. The van der Waals surface area contributed by atoms with E-state index in [2.05, 4.69) is 30.6 Å². The van der Waals surface area contributed by atoms with Gasteiger partial charge in [0.2, 0.25) is 0 Å². The highest BCUT2D eigenvalue weighted by Crippen LogP contribution is 2.24. The van der Waals surface area contributed by atoms with E-state index in [1.54, 1.807) is 6.07 Å². The molecule has 0 fully saturated rings. The Kier molecular flexibility index (Phi) is 4.27. The topological polar surface area (TPSA) is 114 Å². The Balaban J connectivity index is 1.42. The van der Waals surface area contributed by atoms with Crippen LogP contribution in [0.1, 0.15) is 41.8 Å². The maximum absolute atomic E-state index is 12.7. The van der Waals surface area contributed by atoms with Gasteiger partial charge in [-0.15, -0.1) is 10.2 Å². The zero-order chi connectivity index (χ0) is 20.7. The molecule has 0 saturated heterocycles. The molecule has 30 heavy (non-hydrogen) atoms. The first kappa shape index (κ1) is 18.0. The van der Waals surface area contributed by atoms with Crippen molar-refractivity contribution in [3.63, 3.8) is 0 Å². The molecule has 1 amide bonds. The molecule has 5 rings (SSSR count). The summed E-state index contributed by atoms with van der Waals surface area (Å²) in [5.41, 5.74) is 2.81. The summed E-state index contributed by atoms with van der Waals surface area (Å²) in [5, 5.41) is 16.3. The summed E-state index contributed by atoms with van der Waals surface area (Å²) in [6, 6.07) is 11.2. The number of rotatable bonds is 5. The Hall–Kier alpha value is -4.01. The number of aromatic nitrogens is 6. The summed E-state index contributed by atoms with van der Waals surface area (Å²) in [5.74, 6) is 1.62. The summed E-state index contributed by atoms with van der Waals surface area (Å²) in [6.45, 7) is 4.23. The molecule has 0 radical (unpaired) electrons. The predicted octanol–water partition coefficient (Wildman–Crippen LogP) is 3.31. The van der Waals surface area contributed by atoms with E-state index in [-0.39, 0.29) is 18.4 Å². The number of nitrogens with one attached hydrogen (secondary N) is 2. The summed E-state index contributed by atoms with van der Waals surface area (Å²) >= 11 is 0. The van der Waals surface area contributed by atoms with Crippen molar-refractivity contribution in [3.05, 3.63) is 66.0 Å². The second-order valence-electron chi connectivity index (χ2n) is 7.27. The van der Waals surface area contributed by atoms with Gasteiger partial charge in [0.15, 0.2) is 17.3 Å². The first-order valence-corrected chi connectivity index (χ1v) is 9.62. The van der Waals surface area contributed by atoms with Crippen molar-refractivity contribution in [3.8, 4) is 11.5 Å². The SMILES string of the molecule is CC(C)c1noc(-c2cccn3c(CNC(=O)c4cccc5[nH]ccc45)nnc23)n1. The number of fused-ring (bicyclic) bond motifs is 2. The Morgan fingerprint density at radius 3 is 2.93 bits per heavy atom. The maximum atomic E-state index is 12.7. The number of hydrogen-bond donors (Lipinski definition) is 2. The summed E-state index contributed by atoms with van der Waals surface area (Å²) in [6.07, 6.45) is 3.66. The lowest BCUT2D eigenvalue weighted by molar-refractivity contribution is 0.0951. The number of amides is 1. The van der Waals surface area contributed by atoms with Gasteiger partial charge >= 0.3 is 0 Å². The lowest BCUT2D eigenvalue weighted by atomic mass is 10.1. The molecule has 0 bridgehead atoms. The minimum atomic E-state index is -0.174. The Bertz CT molecular complexity index is 1360. The third-order valence-electron chi connectivity index (χ3n) is 4.94. The van der Waals surface area contributed by atoms with Gasteiger partial charge in [0.05, 0.1) is 12.1 Å². The summed E-state index contributed by atoms with van der Waals surface area (Å²) in [7, 11) is 0. The number of pyridine rings is 1. The van der Waals surface area contributed by atoms with Gasteiger partial charge in [0.1, 0.15) is 0 Å². The first-order valence-electron chi connectivity index (χ1n) is 9.62. The number of carbonyl (C=O) groups is 1. The molecule has 0 aliphatic heterocycles. The molecule has 1 aromatic carbocycles. The van der Waals surface area contributed by atoms with Crippen LogP contribution in [0.4, 0.5) is 0 Å². The van der Waals surface area contributed by atoms with E-state index < -0.39 is 0 Å². The standard InChI is InChI=1S/C21H19N7O2/c1-12(2)18-24-21(30-27-18)15-6-4-10-28-17(25-26-19(15)28)11-23-20(29)14-5-3-7-16-13(14)8-9-22-16/h3-10,12,22H,11H2,1-2H3,(H,23,29). The van der Waals surface area contributed by atoms with Crippen LogP contribution in [0, 0.1) is 0 Å². The molecule has 0 spiro atoms. The molecule has 5 aromatic rings. The van der Waals surface area contributed by atoms with Crippen LogP contribution in [0.3, 0.4) is 0 Å². The van der Waals surface area contributed by atoms with Gasteiger partial charge in [-0.2, -0.15) is 4.98 Å². The Labute approximate surface area is 171 Å². The van der Waals surface area contributed by atoms with Gasteiger partial charge in [-0.1, -0.05) is 25.1 Å². The van der Waals surface area contributed by atoms with Crippen LogP contribution in [0.2, 0.25) is 0 Å². The van der Waals surface area contributed by atoms with E-state index >= 15 is 0 Å². The quantitative estimate of drug-likeness (QED) is 0.467. The van der Waals surface area contributed by atoms with Crippen LogP contribution in [0.25, 0.3) is 28.0 Å². The van der Waals surface area contributed by atoms with Gasteiger partial charge in [0.25, 0.3) is 11.8 Å². The molecular weight excluding hydrogens is 382 g/mol. The molecule has 4 aromatic heterocycles. The van der Waals surface area contributed by atoms with E-state index in [1.165, 1.54) is 0 Å². The second-order valence-corrected chi connectivity index (χ2v) is 7.27. The second kappa shape index (κ2) is 7.11. The van der Waals surface area contributed by atoms with Crippen LogP contribution < -0.4 is 5.32 Å². The summed E-state index contributed by atoms with van der Waals surface area (Å²) in [4.78, 5) is 20.3. The van der Waals surface area contributed by atoms with Crippen molar-refractivity contribution < 1.29 is 9.32 Å². The fourth-order valence-corrected chi connectivity index (χ4v) is 3.37. The number of nitrogens with zero attached hydrogens (tertiary/aromatic N) is 5. The van der Waals surface area contributed by atoms with Crippen LogP contribution in [-0.2, 0) is 6.54 Å². The molecule has 0 aliphatic rings. The van der Waals surface area contributed by atoms with Gasteiger partial charge < -0.3 is 14.8 Å². The van der Waals surface area contributed by atoms with E-state index in [1.807, 2.05) is 61.0 Å². The zero-order valence-electron chi connectivity index (χ0n) is 16.5. The minimum Gasteiger partial charge on any atom is -0.361 e. The molecule has 9 heteroatoms. The molecule has 2 N–H and O–H groups in total. The van der Waals surface area contributed by atoms with Crippen molar-refractivity contribution >= 4 is 22.5 Å². The molecule has 4 heterocycles. The third kappa shape index (κ3) is 3.00. The normalized spacial score (nSPS) is 11.6. The lowest BCUT2D eigenvalue weighted by Crippen LogP contribution is -2.24. The monoisotopic (exact) mass is 401 g/mol. The fraction of sp³-hybridized carbons (Fsp3) is 0.190. The number of aromatic amines is 1. The smallest absolute Gasteiger partial charge is 0.261 e.